The van der Waals surface area contributed by atoms with Crippen molar-refractivity contribution in [1.29, 1.82) is 0 Å². The second-order valence-electron chi connectivity index (χ2n) is 3.95. The molecular weight excluding hydrogens is 248 g/mol. The van der Waals surface area contributed by atoms with E-state index in [1.165, 1.54) is 12.1 Å². The molecule has 1 amide bonds. The van der Waals surface area contributed by atoms with E-state index in [-0.39, 0.29) is 5.69 Å². The number of rotatable bonds is 6. The number of terminal acetylenes is 1. The van der Waals surface area contributed by atoms with Crippen LogP contribution >= 0.6 is 0 Å². The molecule has 1 rings (SSSR count). The molecule has 100 valence electrons. The van der Waals surface area contributed by atoms with Gasteiger partial charge in [-0.3, -0.25) is 10.1 Å². The average molecular weight is 262 g/mol. The van der Waals surface area contributed by atoms with E-state index in [0.29, 0.717) is 24.8 Å². The predicted octanol–water partition coefficient (Wildman–Crippen LogP) is 2.71. The molecule has 0 aromatic heterocycles. The van der Waals surface area contributed by atoms with Crippen LogP contribution in [0.15, 0.2) is 24.3 Å². The zero-order valence-corrected chi connectivity index (χ0v) is 10.2. The third-order valence-corrected chi connectivity index (χ3v) is 2.62. The number of hydrogen-bond donors (Lipinski definition) is 2. The summed E-state index contributed by atoms with van der Waals surface area (Å²) in [6.45, 7) is 0. The summed E-state index contributed by atoms with van der Waals surface area (Å²) in [5, 5.41) is 21.7. The molecule has 0 spiro atoms. The van der Waals surface area contributed by atoms with Crippen LogP contribution < -0.4 is 5.32 Å². The Labute approximate surface area is 110 Å². The Morgan fingerprint density at radius 1 is 1.47 bits per heavy atom. The fraction of sp³-hybridized carbons (Fsp3) is 0.308. The van der Waals surface area contributed by atoms with Gasteiger partial charge >= 0.3 is 6.09 Å². The fourth-order valence-corrected chi connectivity index (χ4v) is 1.71. The van der Waals surface area contributed by atoms with Gasteiger partial charge in [0.2, 0.25) is 0 Å². The molecule has 6 nitrogen and oxygen atoms in total. The number of nitro benzene ring substituents is 1. The van der Waals surface area contributed by atoms with Crippen LogP contribution in [0.5, 0.6) is 0 Å². The first-order valence-corrected chi connectivity index (χ1v) is 5.72. The van der Waals surface area contributed by atoms with Crippen LogP contribution in [0.4, 0.5) is 10.5 Å². The average Bonchev–Trinajstić information content (AvgIpc) is 2.37. The van der Waals surface area contributed by atoms with Crippen LogP contribution in [-0.2, 0) is 0 Å². The number of nitro groups is 1. The molecule has 1 aromatic rings. The smallest absolute Gasteiger partial charge is 0.405 e. The summed E-state index contributed by atoms with van der Waals surface area (Å²) < 4.78 is 0. The minimum absolute atomic E-state index is 0.0264. The van der Waals surface area contributed by atoms with Crippen LogP contribution in [-0.4, -0.2) is 16.1 Å². The summed E-state index contributed by atoms with van der Waals surface area (Å²) in [4.78, 5) is 20.8. The molecule has 2 N–H and O–H groups in total. The Hall–Kier alpha value is -2.55. The minimum Gasteiger partial charge on any atom is -0.465 e. The summed E-state index contributed by atoms with van der Waals surface area (Å²) in [5.74, 6) is 2.49. The maximum atomic E-state index is 10.7. The van der Waals surface area contributed by atoms with E-state index in [1.54, 1.807) is 12.1 Å². The number of amides is 1. The lowest BCUT2D eigenvalue weighted by molar-refractivity contribution is -0.384. The number of unbranched alkanes of at least 4 members (excludes halogenated alkanes) is 1. The number of carboxylic acid groups (broad SMARTS) is 1. The van der Waals surface area contributed by atoms with Crippen LogP contribution in [0.1, 0.15) is 30.9 Å². The van der Waals surface area contributed by atoms with Crippen LogP contribution in [0.2, 0.25) is 0 Å². The zero-order valence-electron chi connectivity index (χ0n) is 10.2. The zero-order chi connectivity index (χ0) is 14.3. The van der Waals surface area contributed by atoms with Gasteiger partial charge in [-0.25, -0.2) is 4.79 Å². The van der Waals surface area contributed by atoms with Crippen LogP contribution in [0, 0.1) is 22.5 Å². The molecule has 0 heterocycles. The topological polar surface area (TPSA) is 92.5 Å². The number of nitrogens with one attached hydrogen (secondary N) is 1. The van der Waals surface area contributed by atoms with E-state index in [4.69, 9.17) is 11.5 Å². The summed E-state index contributed by atoms with van der Waals surface area (Å²) in [6.07, 6.45) is 5.80. The molecule has 1 unspecified atom stereocenters. The van der Waals surface area contributed by atoms with Crippen molar-refractivity contribution in [2.45, 2.75) is 25.3 Å². The predicted molar refractivity (Wildman–Crippen MR) is 69.7 cm³/mol. The second-order valence-corrected chi connectivity index (χ2v) is 3.95. The summed E-state index contributed by atoms with van der Waals surface area (Å²) >= 11 is 0. The summed E-state index contributed by atoms with van der Waals surface area (Å²) in [6, 6.07) is 5.40. The van der Waals surface area contributed by atoms with Crippen molar-refractivity contribution in [3.8, 4) is 12.3 Å². The number of carbonyl (C=O) groups is 1. The van der Waals surface area contributed by atoms with Crippen molar-refractivity contribution < 1.29 is 14.8 Å². The van der Waals surface area contributed by atoms with E-state index in [1.807, 2.05) is 0 Å². The molecule has 0 fully saturated rings. The first kappa shape index (κ1) is 14.5. The van der Waals surface area contributed by atoms with Crippen molar-refractivity contribution in [3.05, 3.63) is 39.9 Å². The van der Waals surface area contributed by atoms with E-state index in [2.05, 4.69) is 11.2 Å². The second kappa shape index (κ2) is 7.01. The van der Waals surface area contributed by atoms with Gasteiger partial charge in [0.25, 0.3) is 5.69 Å². The Balaban J connectivity index is 2.81. The summed E-state index contributed by atoms with van der Waals surface area (Å²) in [5.41, 5.74) is 0.659. The lowest BCUT2D eigenvalue weighted by Gasteiger charge is -2.16. The Morgan fingerprint density at radius 2 is 2.11 bits per heavy atom. The van der Waals surface area contributed by atoms with Crippen molar-refractivity contribution >= 4 is 11.8 Å². The van der Waals surface area contributed by atoms with E-state index in [0.717, 1.165) is 0 Å². The molecule has 1 aromatic carbocycles. The van der Waals surface area contributed by atoms with Gasteiger partial charge < -0.3 is 10.4 Å². The van der Waals surface area contributed by atoms with E-state index >= 15 is 0 Å². The third-order valence-electron chi connectivity index (χ3n) is 2.62. The van der Waals surface area contributed by atoms with Gasteiger partial charge in [0.1, 0.15) is 0 Å². The first-order valence-electron chi connectivity index (χ1n) is 5.72. The highest BCUT2D eigenvalue weighted by Gasteiger charge is 2.15. The molecular formula is C13H14N2O4. The van der Waals surface area contributed by atoms with Crippen molar-refractivity contribution in [3.63, 3.8) is 0 Å². The maximum Gasteiger partial charge on any atom is 0.405 e. The molecule has 0 aliphatic heterocycles. The number of non-ortho nitro benzene ring substituents is 1. The van der Waals surface area contributed by atoms with Crippen LogP contribution in [0.25, 0.3) is 0 Å². The Bertz CT molecular complexity index is 490. The van der Waals surface area contributed by atoms with E-state index in [9.17, 15) is 14.9 Å². The maximum absolute atomic E-state index is 10.7. The number of nitrogens with zero attached hydrogens (tertiary/aromatic N) is 1. The Morgan fingerprint density at radius 3 is 2.58 bits per heavy atom. The summed E-state index contributed by atoms with van der Waals surface area (Å²) in [7, 11) is 0. The molecule has 0 saturated carbocycles. The van der Waals surface area contributed by atoms with Gasteiger partial charge in [-0.2, -0.15) is 0 Å². The molecule has 19 heavy (non-hydrogen) atoms. The molecule has 0 radical (unpaired) electrons. The van der Waals surface area contributed by atoms with Gasteiger partial charge in [0, 0.05) is 18.6 Å². The van der Waals surface area contributed by atoms with Gasteiger partial charge in [-0.05, 0) is 18.4 Å². The molecule has 0 bridgehead atoms. The molecule has 6 heteroatoms. The molecule has 1 atom stereocenters. The SMILES string of the molecule is C#CCCCC(NC(=O)O)c1ccc([N+](=O)[O-])cc1. The van der Waals surface area contributed by atoms with E-state index < -0.39 is 17.1 Å². The van der Waals surface area contributed by atoms with Gasteiger partial charge in [-0.15, -0.1) is 12.3 Å². The molecule has 0 aliphatic rings. The largest absolute Gasteiger partial charge is 0.465 e. The molecule has 0 saturated heterocycles. The highest BCUT2D eigenvalue weighted by Crippen LogP contribution is 2.22. The monoisotopic (exact) mass is 262 g/mol. The number of hydrogen-bond acceptors (Lipinski definition) is 3. The normalized spacial score (nSPS) is 11.3. The van der Waals surface area contributed by atoms with Crippen molar-refractivity contribution in [2.24, 2.45) is 0 Å². The lowest BCUT2D eigenvalue weighted by atomic mass is 10.0. The lowest BCUT2D eigenvalue weighted by Crippen LogP contribution is -2.26. The van der Waals surface area contributed by atoms with Gasteiger partial charge in [0.05, 0.1) is 11.0 Å². The first-order chi connectivity index (χ1) is 9.04. The Kier molecular flexibility index (Phi) is 5.35. The van der Waals surface area contributed by atoms with Crippen molar-refractivity contribution in [2.75, 3.05) is 0 Å². The highest BCUT2D eigenvalue weighted by molar-refractivity contribution is 5.65. The van der Waals surface area contributed by atoms with Gasteiger partial charge in [0.15, 0.2) is 0 Å². The quantitative estimate of drug-likeness (QED) is 0.357. The van der Waals surface area contributed by atoms with Gasteiger partial charge in [-0.1, -0.05) is 12.1 Å². The van der Waals surface area contributed by atoms with Crippen LogP contribution in [0.3, 0.4) is 0 Å². The third kappa shape index (κ3) is 4.68. The van der Waals surface area contributed by atoms with Crippen molar-refractivity contribution in [1.82, 2.24) is 5.32 Å². The molecule has 0 aliphatic carbocycles. The highest BCUT2D eigenvalue weighted by atomic mass is 16.6. The number of benzene rings is 1. The minimum atomic E-state index is -1.14. The fourth-order valence-electron chi connectivity index (χ4n) is 1.71. The standard InChI is InChI=1S/C13H14N2O4/c1-2-3-4-5-12(14-13(16)17)10-6-8-11(9-7-10)15(18)19/h1,6-9,12,14H,3-5H2,(H,16,17).